The van der Waals surface area contributed by atoms with Crippen molar-refractivity contribution in [2.75, 3.05) is 26.1 Å². The number of carbonyl (C=O) groups excluding carboxylic acids is 1. The number of hydrogen-bond donors (Lipinski definition) is 1. The standard InChI is InChI=1S/C16H16N2O6/c1-22-13-7-8-15(23-2)14(9-13)17-16(19)10-24-12-5-3-11(4-6-12)18(20)21/h3-9H,10H2,1-2H3,(H,17,19). The van der Waals surface area contributed by atoms with Crippen LogP contribution in [0.4, 0.5) is 11.4 Å². The van der Waals surface area contributed by atoms with Crippen molar-refractivity contribution >= 4 is 17.3 Å². The molecule has 0 aromatic heterocycles. The number of nitro groups is 1. The highest BCUT2D eigenvalue weighted by Crippen LogP contribution is 2.28. The summed E-state index contributed by atoms with van der Waals surface area (Å²) in [6, 6.07) is 10.5. The molecule has 0 saturated heterocycles. The van der Waals surface area contributed by atoms with E-state index >= 15 is 0 Å². The summed E-state index contributed by atoms with van der Waals surface area (Å²) in [4.78, 5) is 22.1. The third-order valence-corrected chi connectivity index (χ3v) is 3.10. The quantitative estimate of drug-likeness (QED) is 0.618. The van der Waals surface area contributed by atoms with E-state index in [1.54, 1.807) is 18.2 Å². The second kappa shape index (κ2) is 7.82. The molecular weight excluding hydrogens is 316 g/mol. The SMILES string of the molecule is COc1ccc(OC)c(NC(=O)COc2ccc([N+](=O)[O-])cc2)c1. The van der Waals surface area contributed by atoms with E-state index in [0.29, 0.717) is 22.9 Å². The number of ether oxygens (including phenoxy) is 3. The molecule has 0 aliphatic carbocycles. The van der Waals surface area contributed by atoms with Gasteiger partial charge in [0.1, 0.15) is 17.2 Å². The molecule has 0 spiro atoms. The van der Waals surface area contributed by atoms with E-state index in [-0.39, 0.29) is 12.3 Å². The smallest absolute Gasteiger partial charge is 0.269 e. The first-order valence-corrected chi connectivity index (χ1v) is 6.92. The van der Waals surface area contributed by atoms with Crippen molar-refractivity contribution in [3.05, 3.63) is 52.6 Å². The summed E-state index contributed by atoms with van der Waals surface area (Å²) >= 11 is 0. The van der Waals surface area contributed by atoms with Crippen molar-refractivity contribution in [1.82, 2.24) is 0 Å². The van der Waals surface area contributed by atoms with E-state index in [2.05, 4.69) is 5.32 Å². The minimum Gasteiger partial charge on any atom is -0.497 e. The number of carbonyl (C=O) groups is 1. The van der Waals surface area contributed by atoms with E-state index in [0.717, 1.165) is 0 Å². The van der Waals surface area contributed by atoms with Gasteiger partial charge in [-0.05, 0) is 24.3 Å². The van der Waals surface area contributed by atoms with Gasteiger partial charge in [0.2, 0.25) is 0 Å². The number of nitrogens with one attached hydrogen (secondary N) is 1. The van der Waals surface area contributed by atoms with Crippen LogP contribution in [0.15, 0.2) is 42.5 Å². The molecule has 0 atom stereocenters. The van der Waals surface area contributed by atoms with E-state index in [1.807, 2.05) is 0 Å². The molecule has 0 fully saturated rings. The summed E-state index contributed by atoms with van der Waals surface area (Å²) in [6.45, 7) is -0.252. The van der Waals surface area contributed by atoms with Crippen molar-refractivity contribution in [1.29, 1.82) is 0 Å². The molecule has 0 aliphatic rings. The lowest BCUT2D eigenvalue weighted by Gasteiger charge is -2.12. The van der Waals surface area contributed by atoms with Crippen LogP contribution in [0.1, 0.15) is 0 Å². The summed E-state index contributed by atoms with van der Waals surface area (Å²) in [5, 5.41) is 13.2. The van der Waals surface area contributed by atoms with E-state index in [1.165, 1.54) is 38.5 Å². The summed E-state index contributed by atoms with van der Waals surface area (Å²) in [6.07, 6.45) is 0. The predicted molar refractivity (Wildman–Crippen MR) is 86.8 cm³/mol. The molecule has 2 rings (SSSR count). The number of non-ortho nitro benzene ring substituents is 1. The van der Waals surface area contributed by atoms with Crippen molar-refractivity contribution in [2.24, 2.45) is 0 Å². The van der Waals surface area contributed by atoms with Crippen molar-refractivity contribution in [2.45, 2.75) is 0 Å². The van der Waals surface area contributed by atoms with Crippen LogP contribution in [0.25, 0.3) is 0 Å². The fraction of sp³-hybridized carbons (Fsp3) is 0.188. The van der Waals surface area contributed by atoms with E-state index in [9.17, 15) is 14.9 Å². The van der Waals surface area contributed by atoms with Crippen LogP contribution in [0.5, 0.6) is 17.2 Å². The van der Waals surface area contributed by atoms with Gasteiger partial charge in [-0.2, -0.15) is 0 Å². The zero-order valence-electron chi connectivity index (χ0n) is 13.1. The fourth-order valence-electron chi connectivity index (χ4n) is 1.91. The molecule has 24 heavy (non-hydrogen) atoms. The number of methoxy groups -OCH3 is 2. The number of rotatable bonds is 7. The van der Waals surface area contributed by atoms with Gasteiger partial charge in [-0.1, -0.05) is 0 Å². The van der Waals surface area contributed by atoms with Crippen LogP contribution in [0.3, 0.4) is 0 Å². The third-order valence-electron chi connectivity index (χ3n) is 3.10. The summed E-state index contributed by atoms with van der Waals surface area (Å²) in [5.74, 6) is 1.01. The van der Waals surface area contributed by atoms with Crippen LogP contribution in [0.2, 0.25) is 0 Å². The second-order valence-electron chi connectivity index (χ2n) is 4.65. The number of nitrogens with zero attached hydrogens (tertiary/aromatic N) is 1. The monoisotopic (exact) mass is 332 g/mol. The topological polar surface area (TPSA) is 99.9 Å². The third kappa shape index (κ3) is 4.35. The lowest BCUT2D eigenvalue weighted by molar-refractivity contribution is -0.384. The lowest BCUT2D eigenvalue weighted by atomic mass is 10.2. The van der Waals surface area contributed by atoms with Gasteiger partial charge in [-0.3, -0.25) is 14.9 Å². The minimum absolute atomic E-state index is 0.0482. The van der Waals surface area contributed by atoms with Gasteiger partial charge in [-0.25, -0.2) is 0 Å². The highest BCUT2D eigenvalue weighted by atomic mass is 16.6. The summed E-state index contributed by atoms with van der Waals surface area (Å²) < 4.78 is 15.6. The molecule has 0 saturated carbocycles. The molecule has 0 aliphatic heterocycles. The Morgan fingerprint density at radius 2 is 1.75 bits per heavy atom. The van der Waals surface area contributed by atoms with Crippen LogP contribution < -0.4 is 19.5 Å². The highest BCUT2D eigenvalue weighted by Gasteiger charge is 2.10. The zero-order valence-corrected chi connectivity index (χ0v) is 13.1. The Bertz CT molecular complexity index is 730. The highest BCUT2D eigenvalue weighted by molar-refractivity contribution is 5.93. The lowest BCUT2D eigenvalue weighted by Crippen LogP contribution is -2.20. The largest absolute Gasteiger partial charge is 0.497 e. The average Bonchev–Trinajstić information content (AvgIpc) is 2.60. The van der Waals surface area contributed by atoms with Crippen LogP contribution in [-0.2, 0) is 4.79 Å². The maximum atomic E-state index is 12.0. The zero-order chi connectivity index (χ0) is 17.5. The van der Waals surface area contributed by atoms with Gasteiger partial charge in [-0.15, -0.1) is 0 Å². The van der Waals surface area contributed by atoms with E-state index < -0.39 is 10.8 Å². The number of hydrogen-bond acceptors (Lipinski definition) is 6. The number of benzene rings is 2. The molecule has 0 unspecified atom stereocenters. The van der Waals surface area contributed by atoms with Crippen LogP contribution in [-0.4, -0.2) is 31.7 Å². The average molecular weight is 332 g/mol. The van der Waals surface area contributed by atoms with Crippen LogP contribution >= 0.6 is 0 Å². The Labute approximate surface area is 138 Å². The molecule has 0 radical (unpaired) electrons. The molecule has 1 amide bonds. The Morgan fingerprint density at radius 1 is 1.08 bits per heavy atom. The second-order valence-corrected chi connectivity index (χ2v) is 4.65. The first kappa shape index (κ1) is 17.1. The molecular formula is C16H16N2O6. The van der Waals surface area contributed by atoms with Crippen LogP contribution in [0, 0.1) is 10.1 Å². The van der Waals surface area contributed by atoms with Crippen molar-refractivity contribution in [3.8, 4) is 17.2 Å². The Hall–Kier alpha value is -3.29. The first-order valence-electron chi connectivity index (χ1n) is 6.92. The summed E-state index contributed by atoms with van der Waals surface area (Å²) in [5.41, 5.74) is 0.405. The minimum atomic E-state index is -0.508. The molecule has 8 heteroatoms. The van der Waals surface area contributed by atoms with Crippen molar-refractivity contribution in [3.63, 3.8) is 0 Å². The predicted octanol–water partition coefficient (Wildman–Crippen LogP) is 2.63. The number of anilines is 1. The molecule has 0 heterocycles. The molecule has 2 aromatic carbocycles. The van der Waals surface area contributed by atoms with Gasteiger partial charge in [0.05, 0.1) is 24.8 Å². The number of amides is 1. The Balaban J connectivity index is 1.97. The molecule has 1 N–H and O–H groups in total. The molecule has 126 valence electrons. The van der Waals surface area contributed by atoms with Gasteiger partial charge in [0, 0.05) is 18.2 Å². The van der Waals surface area contributed by atoms with E-state index in [4.69, 9.17) is 14.2 Å². The van der Waals surface area contributed by atoms with Gasteiger partial charge < -0.3 is 19.5 Å². The fourth-order valence-corrected chi connectivity index (χ4v) is 1.91. The molecule has 2 aromatic rings. The Kier molecular flexibility index (Phi) is 5.56. The molecule has 0 bridgehead atoms. The maximum absolute atomic E-state index is 12.0. The van der Waals surface area contributed by atoms with Gasteiger partial charge >= 0.3 is 0 Å². The normalized spacial score (nSPS) is 9.92. The maximum Gasteiger partial charge on any atom is 0.269 e. The molecule has 8 nitrogen and oxygen atoms in total. The van der Waals surface area contributed by atoms with Gasteiger partial charge in [0.25, 0.3) is 11.6 Å². The number of nitro benzene ring substituents is 1. The van der Waals surface area contributed by atoms with Crippen molar-refractivity contribution < 1.29 is 23.9 Å². The summed E-state index contributed by atoms with van der Waals surface area (Å²) in [7, 11) is 3.01. The first-order chi connectivity index (χ1) is 11.5. The van der Waals surface area contributed by atoms with Gasteiger partial charge in [0.15, 0.2) is 6.61 Å². The Morgan fingerprint density at radius 3 is 2.33 bits per heavy atom.